The van der Waals surface area contributed by atoms with Crippen LogP contribution >= 0.6 is 0 Å². The van der Waals surface area contributed by atoms with Gasteiger partial charge >= 0.3 is 0 Å². The van der Waals surface area contributed by atoms with Crippen molar-refractivity contribution < 1.29 is 9.53 Å². The molecule has 1 aromatic carbocycles. The molecule has 1 N–H and O–H groups in total. The molecule has 1 atom stereocenters. The standard InChI is InChI=1S/C14H21NO2/c1-10(2)17-9-14(16)15-12(4)13-7-5-11(3)6-8-13/h5-8,10,12H,9H2,1-4H3,(H,15,16)/t12-/m1/s1. The number of amides is 1. The average molecular weight is 235 g/mol. The third-order valence-corrected chi connectivity index (χ3v) is 2.50. The summed E-state index contributed by atoms with van der Waals surface area (Å²) in [4.78, 5) is 11.6. The van der Waals surface area contributed by atoms with Gasteiger partial charge < -0.3 is 10.1 Å². The van der Waals surface area contributed by atoms with Crippen molar-refractivity contribution in [3.05, 3.63) is 35.4 Å². The SMILES string of the molecule is Cc1ccc([C@@H](C)NC(=O)COC(C)C)cc1. The number of ether oxygens (including phenoxy) is 1. The Hall–Kier alpha value is -1.35. The third-order valence-electron chi connectivity index (χ3n) is 2.50. The lowest BCUT2D eigenvalue weighted by molar-refractivity contribution is -0.127. The Morgan fingerprint density at radius 3 is 2.35 bits per heavy atom. The van der Waals surface area contributed by atoms with E-state index in [1.54, 1.807) is 0 Å². The summed E-state index contributed by atoms with van der Waals surface area (Å²) in [5, 5.41) is 2.91. The van der Waals surface area contributed by atoms with Gasteiger partial charge in [-0.1, -0.05) is 29.8 Å². The summed E-state index contributed by atoms with van der Waals surface area (Å²) in [6.07, 6.45) is 0.0791. The first-order valence-electron chi connectivity index (χ1n) is 5.96. The van der Waals surface area contributed by atoms with Crippen LogP contribution < -0.4 is 5.32 Å². The highest BCUT2D eigenvalue weighted by molar-refractivity contribution is 5.77. The van der Waals surface area contributed by atoms with E-state index in [0.717, 1.165) is 5.56 Å². The number of aryl methyl sites for hydroxylation is 1. The second-order valence-electron chi connectivity index (χ2n) is 4.56. The highest BCUT2D eigenvalue weighted by Gasteiger charge is 2.09. The maximum atomic E-state index is 11.6. The van der Waals surface area contributed by atoms with Crippen molar-refractivity contribution in [3.8, 4) is 0 Å². The van der Waals surface area contributed by atoms with Crippen LogP contribution in [0.5, 0.6) is 0 Å². The maximum absolute atomic E-state index is 11.6. The van der Waals surface area contributed by atoms with E-state index in [1.807, 2.05) is 52.0 Å². The van der Waals surface area contributed by atoms with E-state index in [9.17, 15) is 4.79 Å². The largest absolute Gasteiger partial charge is 0.369 e. The van der Waals surface area contributed by atoms with Crippen molar-refractivity contribution in [2.75, 3.05) is 6.61 Å². The Labute approximate surface area is 103 Å². The topological polar surface area (TPSA) is 38.3 Å². The number of hydrogen-bond donors (Lipinski definition) is 1. The van der Waals surface area contributed by atoms with E-state index >= 15 is 0 Å². The first kappa shape index (κ1) is 13.7. The van der Waals surface area contributed by atoms with Crippen LogP contribution in [-0.2, 0) is 9.53 Å². The fourth-order valence-electron chi connectivity index (χ4n) is 1.46. The lowest BCUT2D eigenvalue weighted by atomic mass is 10.1. The van der Waals surface area contributed by atoms with Gasteiger partial charge in [0.15, 0.2) is 0 Å². The van der Waals surface area contributed by atoms with Crippen molar-refractivity contribution in [2.45, 2.75) is 39.8 Å². The van der Waals surface area contributed by atoms with Crippen LogP contribution in [0, 0.1) is 6.92 Å². The minimum atomic E-state index is -0.0771. The Bertz CT molecular complexity index is 357. The van der Waals surface area contributed by atoms with Crippen molar-refractivity contribution in [1.29, 1.82) is 0 Å². The van der Waals surface area contributed by atoms with E-state index in [-0.39, 0.29) is 24.7 Å². The van der Waals surface area contributed by atoms with Gasteiger partial charge in [-0.15, -0.1) is 0 Å². The zero-order valence-corrected chi connectivity index (χ0v) is 11.0. The van der Waals surface area contributed by atoms with Crippen LogP contribution in [0.2, 0.25) is 0 Å². The molecule has 3 nitrogen and oxygen atoms in total. The summed E-state index contributed by atoms with van der Waals surface area (Å²) in [7, 11) is 0. The predicted molar refractivity (Wildman–Crippen MR) is 68.8 cm³/mol. The maximum Gasteiger partial charge on any atom is 0.246 e. The molecule has 0 heterocycles. The molecule has 17 heavy (non-hydrogen) atoms. The molecule has 0 saturated heterocycles. The molecule has 3 heteroatoms. The van der Waals surface area contributed by atoms with Crippen LogP contribution in [0.1, 0.15) is 37.9 Å². The quantitative estimate of drug-likeness (QED) is 0.852. The van der Waals surface area contributed by atoms with E-state index in [1.165, 1.54) is 5.56 Å². The summed E-state index contributed by atoms with van der Waals surface area (Å²) < 4.78 is 5.25. The number of carbonyl (C=O) groups is 1. The number of nitrogens with one attached hydrogen (secondary N) is 1. The highest BCUT2D eigenvalue weighted by Crippen LogP contribution is 2.12. The van der Waals surface area contributed by atoms with Gasteiger partial charge in [0.05, 0.1) is 12.1 Å². The molecular formula is C14H21NO2. The molecule has 0 aromatic heterocycles. The lowest BCUT2D eigenvalue weighted by Gasteiger charge is -2.15. The molecule has 0 fully saturated rings. The molecule has 1 amide bonds. The molecule has 0 bridgehead atoms. The molecule has 0 aliphatic rings. The molecule has 0 saturated carbocycles. The van der Waals surface area contributed by atoms with E-state index < -0.39 is 0 Å². The van der Waals surface area contributed by atoms with Gasteiger partial charge in [-0.2, -0.15) is 0 Å². The van der Waals surface area contributed by atoms with Gasteiger partial charge in [-0.05, 0) is 33.3 Å². The average Bonchev–Trinajstić information content (AvgIpc) is 2.27. The van der Waals surface area contributed by atoms with Crippen molar-refractivity contribution in [1.82, 2.24) is 5.32 Å². The van der Waals surface area contributed by atoms with E-state index in [2.05, 4.69) is 5.32 Å². The Kier molecular flexibility index (Phi) is 5.16. The van der Waals surface area contributed by atoms with Gasteiger partial charge in [-0.3, -0.25) is 4.79 Å². The number of benzene rings is 1. The van der Waals surface area contributed by atoms with Crippen LogP contribution in [0.15, 0.2) is 24.3 Å². The molecule has 0 unspecified atom stereocenters. The predicted octanol–water partition coefficient (Wildman–Crippen LogP) is 2.60. The molecule has 1 rings (SSSR count). The number of rotatable bonds is 5. The van der Waals surface area contributed by atoms with Gasteiger partial charge in [0.2, 0.25) is 5.91 Å². The van der Waals surface area contributed by atoms with Gasteiger partial charge in [0.1, 0.15) is 6.61 Å². The van der Waals surface area contributed by atoms with Crippen LogP contribution in [0.25, 0.3) is 0 Å². The lowest BCUT2D eigenvalue weighted by Crippen LogP contribution is -2.31. The number of carbonyl (C=O) groups excluding carboxylic acids is 1. The molecule has 0 aliphatic carbocycles. The Morgan fingerprint density at radius 1 is 1.24 bits per heavy atom. The second kappa shape index (κ2) is 6.40. The normalized spacial score (nSPS) is 12.5. The monoisotopic (exact) mass is 235 g/mol. The van der Waals surface area contributed by atoms with Gasteiger partial charge in [0, 0.05) is 0 Å². The minimum Gasteiger partial charge on any atom is -0.369 e. The molecule has 94 valence electrons. The highest BCUT2D eigenvalue weighted by atomic mass is 16.5. The molecule has 0 spiro atoms. The molecule has 0 aliphatic heterocycles. The van der Waals surface area contributed by atoms with Crippen molar-refractivity contribution in [3.63, 3.8) is 0 Å². The first-order valence-corrected chi connectivity index (χ1v) is 5.96. The summed E-state index contributed by atoms with van der Waals surface area (Å²) in [5.74, 6) is -0.0771. The summed E-state index contributed by atoms with van der Waals surface area (Å²) in [6, 6.07) is 8.16. The Balaban J connectivity index is 2.46. The zero-order valence-electron chi connectivity index (χ0n) is 11.0. The minimum absolute atomic E-state index is 0.0128. The number of hydrogen-bond acceptors (Lipinski definition) is 2. The summed E-state index contributed by atoms with van der Waals surface area (Å²) in [6.45, 7) is 7.96. The van der Waals surface area contributed by atoms with Crippen LogP contribution in [0.4, 0.5) is 0 Å². The summed E-state index contributed by atoms with van der Waals surface area (Å²) >= 11 is 0. The zero-order chi connectivity index (χ0) is 12.8. The smallest absolute Gasteiger partial charge is 0.246 e. The van der Waals surface area contributed by atoms with Crippen molar-refractivity contribution in [2.24, 2.45) is 0 Å². The molecular weight excluding hydrogens is 214 g/mol. The third kappa shape index (κ3) is 5.00. The molecule has 1 aromatic rings. The van der Waals surface area contributed by atoms with Crippen molar-refractivity contribution >= 4 is 5.91 Å². The van der Waals surface area contributed by atoms with Crippen LogP contribution in [0.3, 0.4) is 0 Å². The van der Waals surface area contributed by atoms with Crippen LogP contribution in [-0.4, -0.2) is 18.6 Å². The summed E-state index contributed by atoms with van der Waals surface area (Å²) in [5.41, 5.74) is 2.32. The first-order chi connectivity index (χ1) is 7.99. The van der Waals surface area contributed by atoms with Gasteiger partial charge in [0.25, 0.3) is 0 Å². The fourth-order valence-corrected chi connectivity index (χ4v) is 1.46. The van der Waals surface area contributed by atoms with E-state index in [4.69, 9.17) is 4.74 Å². The second-order valence-corrected chi connectivity index (χ2v) is 4.56. The van der Waals surface area contributed by atoms with Gasteiger partial charge in [-0.25, -0.2) is 0 Å². The van der Waals surface area contributed by atoms with E-state index in [0.29, 0.717) is 0 Å². The fraction of sp³-hybridized carbons (Fsp3) is 0.500. The Morgan fingerprint density at radius 2 is 1.82 bits per heavy atom. The molecule has 0 radical (unpaired) electrons.